The molecule has 0 saturated heterocycles. The van der Waals surface area contributed by atoms with E-state index in [4.69, 9.17) is 11.6 Å². The molecule has 6 nitrogen and oxygen atoms in total. The monoisotopic (exact) mass is 524 g/mol. The number of hydrogen-bond acceptors (Lipinski definition) is 3. The van der Waals surface area contributed by atoms with Crippen LogP contribution in [0.25, 0.3) is 0 Å². The highest BCUT2D eigenvalue weighted by atomic mass is 35.5. The minimum absolute atomic E-state index is 0.170. The van der Waals surface area contributed by atoms with Gasteiger partial charge in [0.1, 0.15) is 0 Å². The van der Waals surface area contributed by atoms with Crippen LogP contribution in [0.3, 0.4) is 0 Å². The third kappa shape index (κ3) is 6.33. The molecule has 4 aromatic carbocycles. The lowest BCUT2D eigenvalue weighted by Gasteiger charge is -2.32. The number of halogens is 1. The number of hydrogen-bond donors (Lipinski definition) is 3. The zero-order valence-corrected chi connectivity index (χ0v) is 21.7. The van der Waals surface area contributed by atoms with Crippen LogP contribution in [-0.2, 0) is 19.4 Å². The third-order valence-corrected chi connectivity index (χ3v) is 6.87. The number of nitrogens with zero attached hydrogens (tertiary/aromatic N) is 1. The van der Waals surface area contributed by atoms with Gasteiger partial charge in [-0.15, -0.1) is 0 Å². The first-order valence-corrected chi connectivity index (χ1v) is 13.0. The number of urea groups is 1. The highest BCUT2D eigenvalue weighted by molar-refractivity contribution is 6.30. The molecule has 5 rings (SSSR count). The summed E-state index contributed by atoms with van der Waals surface area (Å²) in [4.78, 5) is 28.3. The Morgan fingerprint density at radius 2 is 1.47 bits per heavy atom. The zero-order chi connectivity index (χ0) is 26.3. The summed E-state index contributed by atoms with van der Waals surface area (Å²) in [7, 11) is 0. The molecule has 0 fully saturated rings. The van der Waals surface area contributed by atoms with E-state index in [-0.39, 0.29) is 5.91 Å². The van der Waals surface area contributed by atoms with E-state index in [2.05, 4.69) is 39.0 Å². The highest BCUT2D eigenvalue weighted by Crippen LogP contribution is 2.30. The van der Waals surface area contributed by atoms with Gasteiger partial charge in [-0.3, -0.25) is 4.79 Å². The van der Waals surface area contributed by atoms with Gasteiger partial charge in [0.2, 0.25) is 0 Å². The van der Waals surface area contributed by atoms with Crippen LogP contribution in [0.1, 0.15) is 27.0 Å². The molecule has 3 amide bonds. The summed E-state index contributed by atoms with van der Waals surface area (Å²) in [6, 6.07) is 30.4. The SMILES string of the molecule is O=C(Nc1ccc(Cl)cc1)Nc1ccc(N2CCc3ccccc3C2)c(C(=O)NCCc2ccccc2)c1. The molecule has 4 aromatic rings. The van der Waals surface area contributed by atoms with Crippen LogP contribution in [0.5, 0.6) is 0 Å². The van der Waals surface area contributed by atoms with Crippen molar-refractivity contribution in [3.63, 3.8) is 0 Å². The van der Waals surface area contributed by atoms with Crippen molar-refractivity contribution in [3.05, 3.63) is 124 Å². The first kappa shape index (κ1) is 25.4. The Kier molecular flexibility index (Phi) is 7.90. The molecule has 1 aliphatic rings. The van der Waals surface area contributed by atoms with Crippen LogP contribution in [0.4, 0.5) is 21.9 Å². The minimum atomic E-state index is -0.401. The molecule has 1 heterocycles. The predicted molar refractivity (Wildman–Crippen MR) is 154 cm³/mol. The fourth-order valence-electron chi connectivity index (χ4n) is 4.66. The molecule has 0 bridgehead atoms. The number of anilines is 3. The van der Waals surface area contributed by atoms with Crippen molar-refractivity contribution < 1.29 is 9.59 Å². The molecular formula is C31H29ClN4O2. The number of fused-ring (bicyclic) bond motifs is 1. The number of benzene rings is 4. The number of rotatable bonds is 7. The number of amides is 3. The van der Waals surface area contributed by atoms with Gasteiger partial charge in [-0.25, -0.2) is 4.79 Å². The lowest BCUT2D eigenvalue weighted by molar-refractivity contribution is 0.0954. The van der Waals surface area contributed by atoms with E-state index >= 15 is 0 Å². The molecule has 38 heavy (non-hydrogen) atoms. The molecule has 0 radical (unpaired) electrons. The van der Waals surface area contributed by atoms with Crippen LogP contribution in [0.2, 0.25) is 5.02 Å². The lowest BCUT2D eigenvalue weighted by Crippen LogP contribution is -2.33. The van der Waals surface area contributed by atoms with Crippen LogP contribution in [-0.4, -0.2) is 25.0 Å². The number of carbonyl (C=O) groups excluding carboxylic acids is 2. The second-order valence-corrected chi connectivity index (χ2v) is 9.69. The van der Waals surface area contributed by atoms with Gasteiger partial charge in [-0.2, -0.15) is 0 Å². The second-order valence-electron chi connectivity index (χ2n) is 9.25. The molecule has 192 valence electrons. The third-order valence-electron chi connectivity index (χ3n) is 6.61. The van der Waals surface area contributed by atoms with E-state index in [1.807, 2.05) is 48.5 Å². The molecular weight excluding hydrogens is 496 g/mol. The van der Waals surface area contributed by atoms with Gasteiger partial charge in [0.25, 0.3) is 5.91 Å². The van der Waals surface area contributed by atoms with Crippen LogP contribution in [0, 0.1) is 0 Å². The molecule has 0 aromatic heterocycles. The normalized spacial score (nSPS) is 12.4. The predicted octanol–water partition coefficient (Wildman–Crippen LogP) is 6.52. The Morgan fingerprint density at radius 1 is 0.789 bits per heavy atom. The van der Waals surface area contributed by atoms with Crippen molar-refractivity contribution in [1.29, 1.82) is 0 Å². The van der Waals surface area contributed by atoms with Crippen molar-refractivity contribution in [2.75, 3.05) is 28.6 Å². The van der Waals surface area contributed by atoms with Gasteiger partial charge in [0.05, 0.1) is 5.56 Å². The summed E-state index contributed by atoms with van der Waals surface area (Å²) in [6.07, 6.45) is 1.65. The first-order chi connectivity index (χ1) is 18.5. The van der Waals surface area contributed by atoms with E-state index in [1.165, 1.54) is 11.1 Å². The van der Waals surface area contributed by atoms with Crippen molar-refractivity contribution >= 4 is 40.6 Å². The van der Waals surface area contributed by atoms with Gasteiger partial charge in [-0.1, -0.05) is 66.2 Å². The highest BCUT2D eigenvalue weighted by Gasteiger charge is 2.22. The van der Waals surface area contributed by atoms with Crippen LogP contribution < -0.4 is 20.9 Å². The summed E-state index contributed by atoms with van der Waals surface area (Å²) in [6.45, 7) is 2.05. The second kappa shape index (κ2) is 11.8. The largest absolute Gasteiger partial charge is 0.366 e. The quantitative estimate of drug-likeness (QED) is 0.258. The van der Waals surface area contributed by atoms with Crippen molar-refractivity contribution in [3.8, 4) is 0 Å². The average Bonchev–Trinajstić information content (AvgIpc) is 2.94. The Labute approximate surface area is 227 Å². The molecule has 0 unspecified atom stereocenters. The van der Waals surface area contributed by atoms with Gasteiger partial charge in [-0.05, 0) is 72.0 Å². The zero-order valence-electron chi connectivity index (χ0n) is 20.9. The van der Waals surface area contributed by atoms with Crippen LogP contribution in [0.15, 0.2) is 97.1 Å². The molecule has 0 spiro atoms. The minimum Gasteiger partial charge on any atom is -0.366 e. The topological polar surface area (TPSA) is 73.5 Å². The molecule has 3 N–H and O–H groups in total. The number of nitrogens with one attached hydrogen (secondary N) is 3. The van der Waals surface area contributed by atoms with E-state index in [0.717, 1.165) is 37.2 Å². The molecule has 0 atom stereocenters. The Bertz CT molecular complexity index is 1420. The fourth-order valence-corrected chi connectivity index (χ4v) is 4.79. The van der Waals surface area contributed by atoms with Gasteiger partial charge >= 0.3 is 6.03 Å². The summed E-state index contributed by atoms with van der Waals surface area (Å²) in [5.41, 5.74) is 6.30. The standard InChI is InChI=1S/C31H29ClN4O2/c32-25-10-12-26(13-11-25)34-31(38)35-27-14-15-29(36-19-17-23-8-4-5-9-24(23)21-36)28(20-27)30(37)33-18-16-22-6-2-1-3-7-22/h1-15,20H,16-19,21H2,(H,33,37)(H2,34,35,38). The number of carbonyl (C=O) groups is 2. The summed E-state index contributed by atoms with van der Waals surface area (Å²) < 4.78 is 0. The van der Waals surface area contributed by atoms with E-state index in [1.54, 1.807) is 30.3 Å². The van der Waals surface area contributed by atoms with E-state index < -0.39 is 6.03 Å². The summed E-state index contributed by atoms with van der Waals surface area (Å²) in [5, 5.41) is 9.29. The fraction of sp³-hybridized carbons (Fsp3) is 0.161. The van der Waals surface area contributed by atoms with Gasteiger partial charge < -0.3 is 20.9 Å². The van der Waals surface area contributed by atoms with Gasteiger partial charge in [0.15, 0.2) is 0 Å². The Morgan fingerprint density at radius 3 is 2.26 bits per heavy atom. The smallest absolute Gasteiger partial charge is 0.323 e. The molecule has 0 aliphatic carbocycles. The van der Waals surface area contributed by atoms with E-state index in [0.29, 0.717) is 28.5 Å². The summed E-state index contributed by atoms with van der Waals surface area (Å²) in [5.74, 6) is -0.170. The maximum Gasteiger partial charge on any atom is 0.323 e. The lowest BCUT2D eigenvalue weighted by atomic mass is 9.98. The van der Waals surface area contributed by atoms with Crippen molar-refractivity contribution in [2.24, 2.45) is 0 Å². The van der Waals surface area contributed by atoms with Crippen LogP contribution >= 0.6 is 11.6 Å². The van der Waals surface area contributed by atoms with Crippen molar-refractivity contribution in [2.45, 2.75) is 19.4 Å². The van der Waals surface area contributed by atoms with E-state index in [9.17, 15) is 9.59 Å². The van der Waals surface area contributed by atoms with Gasteiger partial charge in [0, 0.05) is 41.7 Å². The maximum absolute atomic E-state index is 13.4. The molecule has 0 saturated carbocycles. The summed E-state index contributed by atoms with van der Waals surface area (Å²) >= 11 is 5.93. The first-order valence-electron chi connectivity index (χ1n) is 12.7. The average molecular weight is 525 g/mol. The van der Waals surface area contributed by atoms with Crippen molar-refractivity contribution in [1.82, 2.24) is 5.32 Å². The molecule has 1 aliphatic heterocycles. The maximum atomic E-state index is 13.4. The molecule has 7 heteroatoms. The Hall–Kier alpha value is -4.29. The Balaban J connectivity index is 1.34.